The Morgan fingerprint density at radius 3 is 2.61 bits per heavy atom. The summed E-state index contributed by atoms with van der Waals surface area (Å²) in [7, 11) is 0. The molecule has 1 amide bonds. The number of carbonyl (C=O) groups excluding carboxylic acids is 1. The highest BCUT2D eigenvalue weighted by atomic mass is 16.5. The van der Waals surface area contributed by atoms with Gasteiger partial charge in [0.15, 0.2) is 5.65 Å². The van der Waals surface area contributed by atoms with Crippen LogP contribution in [-0.2, 0) is 11.2 Å². The molecule has 33 heavy (non-hydrogen) atoms. The Hall–Kier alpha value is -3.58. The largest absolute Gasteiger partial charge is 0.368 e. The van der Waals surface area contributed by atoms with Crippen LogP contribution in [0, 0.1) is 20.8 Å². The topological polar surface area (TPSA) is 72.6 Å². The van der Waals surface area contributed by atoms with Crippen LogP contribution in [0.5, 0.6) is 0 Å². The summed E-state index contributed by atoms with van der Waals surface area (Å²) in [5, 5.41) is 4.36. The first-order valence-electron chi connectivity index (χ1n) is 11.2. The van der Waals surface area contributed by atoms with Crippen LogP contribution in [-0.4, -0.2) is 50.1 Å². The number of ether oxygens (including phenoxy) is 1. The molecule has 0 radical (unpaired) electrons. The maximum Gasteiger partial charge on any atom is 0.259 e. The number of fused-ring (bicyclic) bond motifs is 1. The molecule has 168 valence electrons. The van der Waals surface area contributed by atoms with E-state index in [4.69, 9.17) is 4.74 Å². The number of pyridine rings is 1. The maximum absolute atomic E-state index is 13.3. The third kappa shape index (κ3) is 4.36. The van der Waals surface area contributed by atoms with E-state index in [1.165, 1.54) is 11.1 Å². The van der Waals surface area contributed by atoms with Crippen molar-refractivity contribution in [1.29, 1.82) is 0 Å². The molecule has 1 aliphatic heterocycles. The first kappa shape index (κ1) is 21.3. The van der Waals surface area contributed by atoms with Crippen molar-refractivity contribution in [3.63, 3.8) is 0 Å². The molecule has 1 atom stereocenters. The van der Waals surface area contributed by atoms with Crippen molar-refractivity contribution < 1.29 is 9.53 Å². The van der Waals surface area contributed by atoms with E-state index in [0.29, 0.717) is 30.9 Å². The summed E-state index contributed by atoms with van der Waals surface area (Å²) < 4.78 is 7.68. The average molecular weight is 442 g/mol. The molecule has 7 nitrogen and oxygen atoms in total. The van der Waals surface area contributed by atoms with Gasteiger partial charge in [-0.3, -0.25) is 9.78 Å². The molecule has 1 fully saturated rings. The van der Waals surface area contributed by atoms with Crippen molar-refractivity contribution in [3.05, 3.63) is 94.2 Å². The van der Waals surface area contributed by atoms with Gasteiger partial charge in [-0.25, -0.2) is 9.50 Å². The van der Waals surface area contributed by atoms with Crippen molar-refractivity contribution in [1.82, 2.24) is 24.5 Å². The number of amides is 1. The predicted molar refractivity (Wildman–Crippen MR) is 125 cm³/mol. The van der Waals surface area contributed by atoms with Gasteiger partial charge in [0.25, 0.3) is 5.91 Å². The fourth-order valence-corrected chi connectivity index (χ4v) is 4.28. The first-order chi connectivity index (χ1) is 16.0. The predicted octanol–water partition coefficient (Wildman–Crippen LogP) is 3.85. The van der Waals surface area contributed by atoms with Gasteiger partial charge in [-0.1, -0.05) is 35.9 Å². The molecular weight excluding hydrogens is 414 g/mol. The van der Waals surface area contributed by atoms with Gasteiger partial charge < -0.3 is 9.64 Å². The van der Waals surface area contributed by atoms with Gasteiger partial charge in [-0.15, -0.1) is 0 Å². The van der Waals surface area contributed by atoms with Crippen LogP contribution >= 0.6 is 0 Å². The van der Waals surface area contributed by atoms with Gasteiger partial charge in [-0.05, 0) is 50.5 Å². The molecule has 0 bridgehead atoms. The summed E-state index contributed by atoms with van der Waals surface area (Å²) in [5.41, 5.74) is 7.43. The molecule has 4 aromatic rings. The number of aromatic nitrogens is 4. The highest BCUT2D eigenvalue weighted by molar-refractivity contribution is 5.99. The van der Waals surface area contributed by atoms with Crippen LogP contribution in [0.15, 0.2) is 54.9 Å². The van der Waals surface area contributed by atoms with Gasteiger partial charge in [0.2, 0.25) is 0 Å². The van der Waals surface area contributed by atoms with Crippen LogP contribution in [0.2, 0.25) is 0 Å². The van der Waals surface area contributed by atoms with E-state index in [0.717, 1.165) is 29.1 Å². The van der Waals surface area contributed by atoms with E-state index in [-0.39, 0.29) is 12.0 Å². The molecule has 0 N–H and O–H groups in total. The third-order valence-electron chi connectivity index (χ3n) is 6.07. The zero-order valence-corrected chi connectivity index (χ0v) is 19.2. The van der Waals surface area contributed by atoms with Gasteiger partial charge >= 0.3 is 0 Å². The summed E-state index contributed by atoms with van der Waals surface area (Å²) >= 11 is 0. The van der Waals surface area contributed by atoms with Crippen LogP contribution in [0.3, 0.4) is 0 Å². The van der Waals surface area contributed by atoms with E-state index in [9.17, 15) is 4.79 Å². The lowest BCUT2D eigenvalue weighted by molar-refractivity contribution is -0.0246. The Balaban J connectivity index is 1.30. The summed E-state index contributed by atoms with van der Waals surface area (Å²) in [6, 6.07) is 14.6. The third-order valence-corrected chi connectivity index (χ3v) is 6.07. The standard InChI is InChI=1S/C26H27N5O2/c1-17-4-6-20(7-5-17)13-21-8-9-23(27-14-21)24-16-30(10-11-33-24)26(32)22-15-28-31-19(3)12-18(2)29-25(22)31/h4-9,12,14-15,24H,10-11,13,16H2,1-3H3/t24-/m0/s1. The van der Waals surface area contributed by atoms with Crippen LogP contribution in [0.25, 0.3) is 5.65 Å². The summed E-state index contributed by atoms with van der Waals surface area (Å²) in [6.45, 7) is 7.42. The molecule has 7 heteroatoms. The molecule has 0 saturated carbocycles. The van der Waals surface area contributed by atoms with Crippen molar-refractivity contribution in [2.24, 2.45) is 0 Å². The fourth-order valence-electron chi connectivity index (χ4n) is 4.28. The number of benzene rings is 1. The molecule has 3 aromatic heterocycles. The van der Waals surface area contributed by atoms with Crippen LogP contribution in [0.1, 0.15) is 50.2 Å². The Morgan fingerprint density at radius 2 is 1.85 bits per heavy atom. The maximum atomic E-state index is 13.3. The van der Waals surface area contributed by atoms with Crippen LogP contribution < -0.4 is 0 Å². The fraction of sp³-hybridized carbons (Fsp3) is 0.308. The summed E-state index contributed by atoms with van der Waals surface area (Å²) in [6.07, 6.45) is 4.10. The van der Waals surface area contributed by atoms with Crippen molar-refractivity contribution in [3.8, 4) is 0 Å². The smallest absolute Gasteiger partial charge is 0.259 e. The van der Waals surface area contributed by atoms with E-state index in [1.54, 1.807) is 10.7 Å². The summed E-state index contributed by atoms with van der Waals surface area (Å²) in [5.74, 6) is -0.0770. The molecular formula is C26H27N5O2. The Labute approximate surface area is 193 Å². The first-order valence-corrected chi connectivity index (χ1v) is 11.2. The van der Waals surface area contributed by atoms with Gasteiger partial charge in [0.1, 0.15) is 11.7 Å². The van der Waals surface area contributed by atoms with E-state index < -0.39 is 0 Å². The second-order valence-electron chi connectivity index (χ2n) is 8.70. The zero-order valence-electron chi connectivity index (χ0n) is 19.2. The lowest BCUT2D eigenvalue weighted by atomic mass is 10.0. The monoisotopic (exact) mass is 441 g/mol. The molecule has 0 unspecified atom stereocenters. The number of rotatable bonds is 4. The van der Waals surface area contributed by atoms with Crippen LogP contribution in [0.4, 0.5) is 0 Å². The second kappa shape index (κ2) is 8.75. The Morgan fingerprint density at radius 1 is 1.06 bits per heavy atom. The molecule has 1 saturated heterocycles. The molecule has 0 aliphatic carbocycles. The van der Waals surface area contributed by atoms with Crippen molar-refractivity contribution in [2.45, 2.75) is 33.3 Å². The molecule has 5 rings (SSSR count). The van der Waals surface area contributed by atoms with Gasteiger partial charge in [0, 0.05) is 24.1 Å². The lowest BCUT2D eigenvalue weighted by Crippen LogP contribution is -2.42. The SMILES string of the molecule is Cc1ccc(Cc2ccc([C@@H]3CN(C(=O)c4cnn5c(C)cc(C)nc45)CCO3)nc2)cc1. The Kier molecular flexibility index (Phi) is 5.64. The number of morpholine rings is 1. The number of nitrogens with zero attached hydrogens (tertiary/aromatic N) is 5. The highest BCUT2D eigenvalue weighted by Gasteiger charge is 2.29. The normalized spacial score (nSPS) is 16.3. The Bertz CT molecular complexity index is 1300. The minimum atomic E-state index is -0.255. The van der Waals surface area contributed by atoms with Crippen molar-refractivity contribution >= 4 is 11.6 Å². The number of hydrogen-bond acceptors (Lipinski definition) is 5. The van der Waals surface area contributed by atoms with E-state index >= 15 is 0 Å². The minimum Gasteiger partial charge on any atom is -0.368 e. The number of aryl methyl sites for hydroxylation is 3. The lowest BCUT2D eigenvalue weighted by Gasteiger charge is -2.32. The quantitative estimate of drug-likeness (QED) is 0.481. The second-order valence-corrected chi connectivity index (χ2v) is 8.70. The van der Waals surface area contributed by atoms with Gasteiger partial charge in [-0.2, -0.15) is 5.10 Å². The number of hydrogen-bond donors (Lipinski definition) is 0. The summed E-state index contributed by atoms with van der Waals surface area (Å²) in [4.78, 5) is 24.3. The van der Waals surface area contributed by atoms with Crippen molar-refractivity contribution in [2.75, 3.05) is 19.7 Å². The molecule has 0 spiro atoms. The average Bonchev–Trinajstić information content (AvgIpc) is 3.25. The molecule has 4 heterocycles. The minimum absolute atomic E-state index is 0.0770. The highest BCUT2D eigenvalue weighted by Crippen LogP contribution is 2.24. The molecule has 1 aliphatic rings. The van der Waals surface area contributed by atoms with E-state index in [2.05, 4.69) is 52.3 Å². The van der Waals surface area contributed by atoms with Gasteiger partial charge in [0.05, 0.1) is 25.0 Å². The number of carbonyl (C=O) groups is 1. The zero-order chi connectivity index (χ0) is 22.9. The van der Waals surface area contributed by atoms with E-state index in [1.807, 2.05) is 37.1 Å². The molecule has 1 aromatic carbocycles.